The maximum Gasteiger partial charge on any atom is 0.387 e. The third-order valence-corrected chi connectivity index (χ3v) is 3.83. The number of nitrogens with zero attached hydrogens (tertiary/aromatic N) is 3. The molecule has 0 unspecified atom stereocenters. The SMILES string of the molecule is COC(=O)c1ccc(Cn2c(-c3ccccc3)ncc(OC(F)F)c2=O)nc1. The van der Waals surface area contributed by atoms with Gasteiger partial charge in [0.2, 0.25) is 5.75 Å². The Bertz CT molecular complexity index is 1020. The molecule has 0 saturated heterocycles. The number of pyridine rings is 1. The van der Waals surface area contributed by atoms with Crippen LogP contribution in [0.25, 0.3) is 11.4 Å². The van der Waals surface area contributed by atoms with Crippen molar-refractivity contribution in [2.75, 3.05) is 7.11 Å². The number of methoxy groups -OCH3 is 1. The highest BCUT2D eigenvalue weighted by molar-refractivity contribution is 5.88. The van der Waals surface area contributed by atoms with Crippen molar-refractivity contribution >= 4 is 5.97 Å². The normalized spacial score (nSPS) is 10.7. The van der Waals surface area contributed by atoms with Crippen LogP contribution in [0.15, 0.2) is 59.7 Å². The van der Waals surface area contributed by atoms with E-state index in [1.807, 2.05) is 0 Å². The first-order valence-electron chi connectivity index (χ1n) is 8.13. The minimum atomic E-state index is -3.15. The molecule has 0 bridgehead atoms. The molecule has 3 rings (SSSR count). The van der Waals surface area contributed by atoms with Crippen LogP contribution in [0.2, 0.25) is 0 Å². The molecule has 0 aliphatic heterocycles. The fraction of sp³-hybridized carbons (Fsp3) is 0.158. The second kappa shape index (κ2) is 8.38. The van der Waals surface area contributed by atoms with Gasteiger partial charge in [0.15, 0.2) is 0 Å². The third-order valence-electron chi connectivity index (χ3n) is 3.83. The lowest BCUT2D eigenvalue weighted by Gasteiger charge is -2.14. The van der Waals surface area contributed by atoms with E-state index in [-0.39, 0.29) is 17.9 Å². The van der Waals surface area contributed by atoms with Gasteiger partial charge in [-0.25, -0.2) is 9.78 Å². The van der Waals surface area contributed by atoms with Crippen LogP contribution in [0.4, 0.5) is 8.78 Å². The molecule has 2 heterocycles. The summed E-state index contributed by atoms with van der Waals surface area (Å²) in [4.78, 5) is 32.4. The van der Waals surface area contributed by atoms with Crippen LogP contribution >= 0.6 is 0 Å². The van der Waals surface area contributed by atoms with Gasteiger partial charge in [0.25, 0.3) is 5.56 Å². The minimum Gasteiger partial charge on any atom is -0.465 e. The molecule has 9 heteroatoms. The molecule has 0 aliphatic rings. The molecule has 3 aromatic rings. The number of aromatic nitrogens is 3. The maximum atomic E-state index is 12.7. The zero-order valence-corrected chi connectivity index (χ0v) is 14.7. The van der Waals surface area contributed by atoms with Gasteiger partial charge in [0.05, 0.1) is 31.1 Å². The number of esters is 1. The monoisotopic (exact) mass is 387 g/mol. The van der Waals surface area contributed by atoms with Gasteiger partial charge >= 0.3 is 12.6 Å². The van der Waals surface area contributed by atoms with E-state index in [4.69, 9.17) is 0 Å². The minimum absolute atomic E-state index is 0.0576. The number of halogens is 2. The number of ether oxygens (including phenoxy) is 2. The van der Waals surface area contributed by atoms with Crippen LogP contribution in [0.5, 0.6) is 5.75 Å². The van der Waals surface area contributed by atoms with E-state index in [9.17, 15) is 18.4 Å². The van der Waals surface area contributed by atoms with Crippen molar-refractivity contribution < 1.29 is 23.0 Å². The van der Waals surface area contributed by atoms with E-state index in [0.717, 1.165) is 6.20 Å². The molecule has 0 spiro atoms. The van der Waals surface area contributed by atoms with Crippen LogP contribution in [-0.2, 0) is 11.3 Å². The number of carbonyl (C=O) groups excluding carboxylic acids is 1. The van der Waals surface area contributed by atoms with E-state index >= 15 is 0 Å². The Balaban J connectivity index is 2.04. The molecular weight excluding hydrogens is 372 g/mol. The summed E-state index contributed by atoms with van der Waals surface area (Å²) in [5, 5.41) is 0. The van der Waals surface area contributed by atoms with Crippen molar-refractivity contribution in [1.29, 1.82) is 0 Å². The van der Waals surface area contributed by atoms with Crippen LogP contribution in [0, 0.1) is 0 Å². The highest BCUT2D eigenvalue weighted by Crippen LogP contribution is 2.18. The molecule has 0 fully saturated rings. The Morgan fingerprint density at radius 1 is 1.11 bits per heavy atom. The average molecular weight is 387 g/mol. The van der Waals surface area contributed by atoms with Gasteiger partial charge in [-0.2, -0.15) is 8.78 Å². The van der Waals surface area contributed by atoms with Crippen molar-refractivity contribution in [2.45, 2.75) is 13.2 Å². The number of hydrogen-bond acceptors (Lipinski definition) is 6. The first-order chi connectivity index (χ1) is 13.5. The predicted molar refractivity (Wildman–Crippen MR) is 95.2 cm³/mol. The number of hydrogen-bond donors (Lipinski definition) is 0. The Morgan fingerprint density at radius 3 is 2.46 bits per heavy atom. The van der Waals surface area contributed by atoms with Gasteiger partial charge in [-0.1, -0.05) is 30.3 Å². The summed E-state index contributed by atoms with van der Waals surface area (Å²) >= 11 is 0. The Hall–Kier alpha value is -3.62. The topological polar surface area (TPSA) is 83.3 Å². The van der Waals surface area contributed by atoms with Crippen molar-refractivity contribution in [2.24, 2.45) is 0 Å². The highest BCUT2D eigenvalue weighted by Gasteiger charge is 2.17. The second-order valence-corrected chi connectivity index (χ2v) is 5.61. The molecular formula is C19H15F2N3O4. The lowest BCUT2D eigenvalue weighted by molar-refractivity contribution is -0.0513. The smallest absolute Gasteiger partial charge is 0.387 e. The first-order valence-corrected chi connectivity index (χ1v) is 8.13. The first kappa shape index (κ1) is 19.2. The zero-order chi connectivity index (χ0) is 20.1. The van der Waals surface area contributed by atoms with Crippen molar-refractivity contribution in [1.82, 2.24) is 14.5 Å². The molecule has 7 nitrogen and oxygen atoms in total. The standard InChI is InChI=1S/C19H15F2N3O4/c1-27-18(26)13-7-8-14(22-9-13)11-24-16(12-5-3-2-4-6-12)23-10-15(17(24)25)28-19(20)21/h2-10,19H,11H2,1H3. The van der Waals surface area contributed by atoms with E-state index in [1.165, 1.54) is 30.0 Å². The van der Waals surface area contributed by atoms with Gasteiger partial charge < -0.3 is 9.47 Å². The molecule has 1 aromatic carbocycles. The summed E-state index contributed by atoms with van der Waals surface area (Å²) in [6.07, 6.45) is 2.28. The summed E-state index contributed by atoms with van der Waals surface area (Å²) in [5.41, 5.74) is 0.514. The molecule has 0 saturated carbocycles. The molecule has 0 amide bonds. The second-order valence-electron chi connectivity index (χ2n) is 5.61. The van der Waals surface area contributed by atoms with E-state index < -0.39 is 23.9 Å². The van der Waals surface area contributed by atoms with Gasteiger partial charge in [-0.3, -0.25) is 14.3 Å². The van der Waals surface area contributed by atoms with Gasteiger partial charge in [-0.05, 0) is 12.1 Å². The zero-order valence-electron chi connectivity index (χ0n) is 14.7. The number of rotatable bonds is 6. The van der Waals surface area contributed by atoms with E-state index in [0.29, 0.717) is 11.3 Å². The van der Waals surface area contributed by atoms with Crippen LogP contribution in [-0.4, -0.2) is 34.2 Å². The molecule has 0 atom stereocenters. The van der Waals surface area contributed by atoms with Crippen molar-refractivity contribution in [3.8, 4) is 17.1 Å². The molecule has 2 aromatic heterocycles. The number of benzene rings is 1. The lowest BCUT2D eigenvalue weighted by atomic mass is 10.2. The summed E-state index contributed by atoms with van der Waals surface area (Å²) < 4.78 is 35.2. The summed E-state index contributed by atoms with van der Waals surface area (Å²) in [7, 11) is 1.25. The van der Waals surface area contributed by atoms with Crippen LogP contribution in [0.3, 0.4) is 0 Å². The third kappa shape index (κ3) is 4.20. The molecule has 144 valence electrons. The van der Waals surface area contributed by atoms with Gasteiger partial charge in [0.1, 0.15) is 5.82 Å². The van der Waals surface area contributed by atoms with Gasteiger partial charge in [-0.15, -0.1) is 0 Å². The fourth-order valence-electron chi connectivity index (χ4n) is 2.53. The predicted octanol–water partition coefficient (Wildman–Crippen LogP) is 2.74. The number of carbonyl (C=O) groups is 1. The lowest BCUT2D eigenvalue weighted by Crippen LogP contribution is -2.26. The maximum absolute atomic E-state index is 12.7. The average Bonchev–Trinajstić information content (AvgIpc) is 2.71. The number of alkyl halides is 2. The summed E-state index contributed by atoms with van der Waals surface area (Å²) in [5.74, 6) is -0.845. The molecule has 0 aliphatic carbocycles. The Morgan fingerprint density at radius 2 is 1.86 bits per heavy atom. The Kier molecular flexibility index (Phi) is 5.73. The largest absolute Gasteiger partial charge is 0.465 e. The molecule has 0 N–H and O–H groups in total. The van der Waals surface area contributed by atoms with Crippen molar-refractivity contribution in [3.63, 3.8) is 0 Å². The molecule has 0 radical (unpaired) electrons. The summed E-state index contributed by atoms with van der Waals surface area (Å²) in [6.45, 7) is -3.21. The highest BCUT2D eigenvalue weighted by atomic mass is 19.3. The van der Waals surface area contributed by atoms with E-state index in [2.05, 4.69) is 19.4 Å². The van der Waals surface area contributed by atoms with Crippen LogP contribution < -0.4 is 10.3 Å². The fourth-order valence-corrected chi connectivity index (χ4v) is 2.53. The summed E-state index contributed by atoms with van der Waals surface area (Å²) in [6, 6.07) is 11.8. The van der Waals surface area contributed by atoms with E-state index in [1.54, 1.807) is 30.3 Å². The Labute approximate surface area is 158 Å². The van der Waals surface area contributed by atoms with Gasteiger partial charge in [0, 0.05) is 11.8 Å². The van der Waals surface area contributed by atoms with Crippen LogP contribution in [0.1, 0.15) is 16.1 Å². The van der Waals surface area contributed by atoms with Crippen molar-refractivity contribution in [3.05, 3.63) is 76.5 Å². The quantitative estimate of drug-likeness (QED) is 0.605. The molecule has 28 heavy (non-hydrogen) atoms.